The maximum Gasteiger partial charge on any atom is 0.248 e. The summed E-state index contributed by atoms with van der Waals surface area (Å²) in [6.45, 7) is 1.09. The minimum atomic E-state index is -0.507. The van der Waals surface area contributed by atoms with Gasteiger partial charge < -0.3 is 26.3 Å². The zero-order chi connectivity index (χ0) is 14.8. The molecule has 1 aliphatic rings. The summed E-state index contributed by atoms with van der Waals surface area (Å²) >= 11 is 0. The molecule has 1 heterocycles. The number of anilines is 3. The van der Waals surface area contributed by atoms with Crippen LogP contribution < -0.4 is 26.3 Å². The highest BCUT2D eigenvalue weighted by Gasteiger charge is 2.12. The first-order valence-electron chi connectivity index (χ1n) is 6.49. The van der Waals surface area contributed by atoms with E-state index in [4.69, 9.17) is 20.9 Å². The molecule has 0 aliphatic carbocycles. The number of hydrogen-bond acceptors (Lipinski definition) is 5. The normalized spacial score (nSPS) is 12.8. The Balaban J connectivity index is 1.85. The van der Waals surface area contributed by atoms with E-state index in [0.717, 1.165) is 11.4 Å². The molecular weight excluding hydrogens is 270 g/mol. The molecule has 0 aromatic heterocycles. The van der Waals surface area contributed by atoms with Gasteiger partial charge in [0.1, 0.15) is 13.2 Å². The standard InChI is InChI=1S/C15H15N3O3/c16-11-7-9(15(17)19)1-3-12(11)18-10-2-4-13-14(8-10)21-6-5-20-13/h1-4,7-8,18H,5-6,16H2,(H2,17,19). The van der Waals surface area contributed by atoms with E-state index in [2.05, 4.69) is 5.32 Å². The number of benzene rings is 2. The van der Waals surface area contributed by atoms with Crippen LogP contribution in [0, 0.1) is 0 Å². The molecule has 6 nitrogen and oxygen atoms in total. The number of nitrogen functional groups attached to an aromatic ring is 1. The van der Waals surface area contributed by atoms with Gasteiger partial charge >= 0.3 is 0 Å². The van der Waals surface area contributed by atoms with Crippen LogP contribution in [0.3, 0.4) is 0 Å². The van der Waals surface area contributed by atoms with Crippen molar-refractivity contribution in [1.82, 2.24) is 0 Å². The van der Waals surface area contributed by atoms with Crippen LogP contribution in [-0.2, 0) is 0 Å². The average molecular weight is 285 g/mol. The molecule has 2 aromatic carbocycles. The number of nitrogens with two attached hydrogens (primary N) is 2. The Kier molecular flexibility index (Phi) is 3.27. The van der Waals surface area contributed by atoms with E-state index in [-0.39, 0.29) is 0 Å². The molecule has 0 bridgehead atoms. The summed E-state index contributed by atoms with van der Waals surface area (Å²) in [6.07, 6.45) is 0. The molecule has 0 radical (unpaired) electrons. The molecule has 1 aliphatic heterocycles. The molecular formula is C15H15N3O3. The molecule has 2 aromatic rings. The Labute approximate surface area is 121 Å². The van der Waals surface area contributed by atoms with Crippen LogP contribution in [0.25, 0.3) is 0 Å². The summed E-state index contributed by atoms with van der Waals surface area (Å²) < 4.78 is 11.0. The average Bonchev–Trinajstić information content (AvgIpc) is 2.49. The highest BCUT2D eigenvalue weighted by molar-refractivity contribution is 5.95. The number of hydrogen-bond donors (Lipinski definition) is 3. The van der Waals surface area contributed by atoms with E-state index < -0.39 is 5.91 Å². The largest absolute Gasteiger partial charge is 0.486 e. The predicted molar refractivity (Wildman–Crippen MR) is 80.1 cm³/mol. The summed E-state index contributed by atoms with van der Waals surface area (Å²) in [4.78, 5) is 11.1. The minimum absolute atomic E-state index is 0.375. The van der Waals surface area contributed by atoms with E-state index in [0.29, 0.717) is 35.9 Å². The maximum atomic E-state index is 11.1. The molecule has 0 saturated heterocycles. The third kappa shape index (κ3) is 2.69. The maximum absolute atomic E-state index is 11.1. The number of rotatable bonds is 3. The Hall–Kier alpha value is -2.89. The van der Waals surface area contributed by atoms with Gasteiger partial charge in [-0.25, -0.2) is 0 Å². The fourth-order valence-corrected chi connectivity index (χ4v) is 2.11. The monoisotopic (exact) mass is 285 g/mol. The van der Waals surface area contributed by atoms with Crippen LogP contribution in [0.15, 0.2) is 36.4 Å². The van der Waals surface area contributed by atoms with Crippen LogP contribution in [-0.4, -0.2) is 19.1 Å². The van der Waals surface area contributed by atoms with Crippen molar-refractivity contribution in [3.05, 3.63) is 42.0 Å². The van der Waals surface area contributed by atoms with Gasteiger partial charge in [0.15, 0.2) is 11.5 Å². The van der Waals surface area contributed by atoms with E-state index >= 15 is 0 Å². The second kappa shape index (κ2) is 5.24. The van der Waals surface area contributed by atoms with Gasteiger partial charge in [0.2, 0.25) is 5.91 Å². The lowest BCUT2D eigenvalue weighted by molar-refractivity contribution is 0.100. The third-order valence-electron chi connectivity index (χ3n) is 3.16. The van der Waals surface area contributed by atoms with Gasteiger partial charge in [-0.2, -0.15) is 0 Å². The molecule has 0 atom stereocenters. The van der Waals surface area contributed by atoms with Gasteiger partial charge in [-0.3, -0.25) is 4.79 Å². The quantitative estimate of drug-likeness (QED) is 0.748. The van der Waals surface area contributed by atoms with Crippen molar-refractivity contribution in [3.8, 4) is 11.5 Å². The summed E-state index contributed by atoms with van der Waals surface area (Å²) in [5.41, 5.74) is 13.5. The van der Waals surface area contributed by atoms with Crippen LogP contribution in [0.5, 0.6) is 11.5 Å². The number of ether oxygens (including phenoxy) is 2. The second-order valence-corrected chi connectivity index (χ2v) is 4.65. The van der Waals surface area contributed by atoms with Crippen LogP contribution >= 0.6 is 0 Å². The Morgan fingerprint density at radius 2 is 1.81 bits per heavy atom. The molecule has 3 rings (SSSR count). The highest BCUT2D eigenvalue weighted by Crippen LogP contribution is 2.34. The fourth-order valence-electron chi connectivity index (χ4n) is 2.11. The van der Waals surface area contributed by atoms with E-state index in [1.165, 1.54) is 0 Å². The number of primary amides is 1. The molecule has 5 N–H and O–H groups in total. The van der Waals surface area contributed by atoms with Gasteiger partial charge in [0.05, 0.1) is 11.4 Å². The van der Waals surface area contributed by atoms with Crippen molar-refractivity contribution in [2.45, 2.75) is 0 Å². The van der Waals surface area contributed by atoms with Crippen molar-refractivity contribution >= 4 is 23.0 Å². The Morgan fingerprint density at radius 3 is 2.52 bits per heavy atom. The molecule has 1 amide bonds. The van der Waals surface area contributed by atoms with Crippen molar-refractivity contribution in [2.75, 3.05) is 24.3 Å². The molecule has 0 spiro atoms. The van der Waals surface area contributed by atoms with E-state index in [9.17, 15) is 4.79 Å². The summed E-state index contributed by atoms with van der Waals surface area (Å²) in [5.74, 6) is 0.912. The topological polar surface area (TPSA) is 99.6 Å². The van der Waals surface area contributed by atoms with Gasteiger partial charge in [-0.1, -0.05) is 0 Å². The fraction of sp³-hybridized carbons (Fsp3) is 0.133. The number of fused-ring (bicyclic) bond motifs is 1. The lowest BCUT2D eigenvalue weighted by atomic mass is 10.1. The SMILES string of the molecule is NC(=O)c1ccc(Nc2ccc3c(c2)OCCO3)c(N)c1. The predicted octanol–water partition coefficient (Wildman–Crippen LogP) is 1.88. The molecule has 0 saturated carbocycles. The van der Waals surface area contributed by atoms with E-state index in [1.807, 2.05) is 18.2 Å². The van der Waals surface area contributed by atoms with Crippen LogP contribution in [0.4, 0.5) is 17.1 Å². The summed E-state index contributed by atoms with van der Waals surface area (Å²) in [5, 5.41) is 3.18. The van der Waals surface area contributed by atoms with Crippen LogP contribution in [0.2, 0.25) is 0 Å². The smallest absolute Gasteiger partial charge is 0.248 e. The molecule has 21 heavy (non-hydrogen) atoms. The van der Waals surface area contributed by atoms with Crippen LogP contribution in [0.1, 0.15) is 10.4 Å². The first kappa shape index (κ1) is 13.1. The second-order valence-electron chi connectivity index (χ2n) is 4.65. The number of carbonyl (C=O) groups excluding carboxylic acids is 1. The van der Waals surface area contributed by atoms with E-state index in [1.54, 1.807) is 18.2 Å². The Morgan fingerprint density at radius 1 is 1.05 bits per heavy atom. The van der Waals surface area contributed by atoms with Crippen molar-refractivity contribution in [1.29, 1.82) is 0 Å². The highest BCUT2D eigenvalue weighted by atomic mass is 16.6. The van der Waals surface area contributed by atoms with Gasteiger partial charge in [0, 0.05) is 17.3 Å². The van der Waals surface area contributed by atoms with Crippen molar-refractivity contribution < 1.29 is 14.3 Å². The number of carbonyl (C=O) groups is 1. The lowest BCUT2D eigenvalue weighted by Crippen LogP contribution is -2.15. The Bertz CT molecular complexity index is 701. The molecule has 0 fully saturated rings. The van der Waals surface area contributed by atoms with Crippen molar-refractivity contribution in [3.63, 3.8) is 0 Å². The zero-order valence-corrected chi connectivity index (χ0v) is 11.3. The summed E-state index contributed by atoms with van der Waals surface area (Å²) in [6, 6.07) is 10.4. The van der Waals surface area contributed by atoms with Crippen molar-refractivity contribution in [2.24, 2.45) is 5.73 Å². The molecule has 108 valence electrons. The first-order valence-corrected chi connectivity index (χ1v) is 6.49. The first-order chi connectivity index (χ1) is 10.1. The number of amides is 1. The third-order valence-corrected chi connectivity index (χ3v) is 3.16. The lowest BCUT2D eigenvalue weighted by Gasteiger charge is -2.19. The number of nitrogens with one attached hydrogen (secondary N) is 1. The van der Waals surface area contributed by atoms with Gasteiger partial charge in [0.25, 0.3) is 0 Å². The zero-order valence-electron chi connectivity index (χ0n) is 11.3. The summed E-state index contributed by atoms with van der Waals surface area (Å²) in [7, 11) is 0. The molecule has 6 heteroatoms. The molecule has 0 unspecified atom stereocenters. The van der Waals surface area contributed by atoms with Gasteiger partial charge in [-0.05, 0) is 30.3 Å². The van der Waals surface area contributed by atoms with Gasteiger partial charge in [-0.15, -0.1) is 0 Å². The minimum Gasteiger partial charge on any atom is -0.486 e.